The average molecular weight is 337 g/mol. The lowest BCUT2D eigenvalue weighted by Crippen LogP contribution is -2.36. The summed E-state index contributed by atoms with van der Waals surface area (Å²) in [6.45, 7) is 3.12. The molecule has 2 aromatic rings. The highest BCUT2D eigenvalue weighted by Gasteiger charge is 1.97. The molecule has 2 amide bonds. The molecule has 1 aromatic heterocycles. The first kappa shape index (κ1) is 18.3. The third-order valence-corrected chi connectivity index (χ3v) is 3.43. The number of urea groups is 1. The Kier molecular flexibility index (Phi) is 7.86. The van der Waals surface area contributed by atoms with Crippen molar-refractivity contribution in [1.82, 2.24) is 15.6 Å². The fourth-order valence-electron chi connectivity index (χ4n) is 2.10. The first-order valence-corrected chi connectivity index (χ1v) is 8.31. The molecule has 0 bridgehead atoms. The van der Waals surface area contributed by atoms with Gasteiger partial charge in [-0.25, -0.2) is 4.79 Å². The summed E-state index contributed by atoms with van der Waals surface area (Å²) < 4.78 is 5.43. The molecule has 5 heteroatoms. The number of pyridine rings is 1. The maximum absolute atomic E-state index is 11.6. The molecule has 0 aliphatic heterocycles. The highest BCUT2D eigenvalue weighted by molar-refractivity contribution is 5.74. The summed E-state index contributed by atoms with van der Waals surface area (Å²) in [5.41, 5.74) is 2.22. The van der Waals surface area contributed by atoms with Gasteiger partial charge in [-0.2, -0.15) is 0 Å². The predicted molar refractivity (Wildman–Crippen MR) is 98.4 cm³/mol. The Hall–Kier alpha value is -3.00. The summed E-state index contributed by atoms with van der Waals surface area (Å²) in [5.74, 6) is 6.38. The van der Waals surface area contributed by atoms with Crippen LogP contribution in [0.25, 0.3) is 0 Å². The van der Waals surface area contributed by atoms with E-state index in [1.54, 1.807) is 6.20 Å². The van der Waals surface area contributed by atoms with Crippen molar-refractivity contribution in [3.05, 3.63) is 59.9 Å². The van der Waals surface area contributed by atoms with E-state index in [0.717, 1.165) is 18.5 Å². The van der Waals surface area contributed by atoms with Crippen LogP contribution in [0.2, 0.25) is 0 Å². The zero-order valence-electron chi connectivity index (χ0n) is 14.4. The number of carbonyl (C=O) groups excluding carboxylic acids is 1. The molecule has 0 saturated carbocycles. The van der Waals surface area contributed by atoms with E-state index in [-0.39, 0.29) is 12.6 Å². The van der Waals surface area contributed by atoms with Crippen LogP contribution in [-0.2, 0) is 6.42 Å². The molecule has 0 atom stereocenters. The molecule has 130 valence electrons. The summed E-state index contributed by atoms with van der Waals surface area (Å²) in [5, 5.41) is 5.51. The zero-order valence-corrected chi connectivity index (χ0v) is 14.4. The molecule has 0 aliphatic carbocycles. The molecule has 0 radical (unpaired) electrons. The maximum Gasteiger partial charge on any atom is 0.315 e. The van der Waals surface area contributed by atoms with Crippen LogP contribution >= 0.6 is 0 Å². The molecule has 5 nitrogen and oxygen atoms in total. The summed E-state index contributed by atoms with van der Waals surface area (Å²) in [6.07, 6.45) is 3.52. The lowest BCUT2D eigenvalue weighted by molar-refractivity contribution is 0.242. The Morgan fingerprint density at radius 2 is 1.96 bits per heavy atom. The van der Waals surface area contributed by atoms with Gasteiger partial charge in [-0.1, -0.05) is 42.2 Å². The number of nitrogens with zero attached hydrogens (tertiary/aromatic N) is 1. The molecule has 25 heavy (non-hydrogen) atoms. The summed E-state index contributed by atoms with van der Waals surface area (Å²) in [6, 6.07) is 13.7. The predicted octanol–water partition coefficient (Wildman–Crippen LogP) is 2.70. The number of nitrogens with one attached hydrogen (secondary N) is 2. The molecule has 2 N–H and O–H groups in total. The Morgan fingerprint density at radius 1 is 1.12 bits per heavy atom. The minimum absolute atomic E-state index is 0.203. The largest absolute Gasteiger partial charge is 0.479 e. The van der Waals surface area contributed by atoms with Crippen LogP contribution in [-0.4, -0.2) is 30.7 Å². The molecule has 0 aliphatic rings. The Morgan fingerprint density at radius 3 is 2.72 bits per heavy atom. The topological polar surface area (TPSA) is 63.2 Å². The maximum atomic E-state index is 11.6. The van der Waals surface area contributed by atoms with Gasteiger partial charge < -0.3 is 15.4 Å². The fourth-order valence-corrected chi connectivity index (χ4v) is 2.10. The number of amides is 2. The molecule has 1 heterocycles. The normalized spacial score (nSPS) is 9.64. The van der Waals surface area contributed by atoms with Crippen LogP contribution in [0.5, 0.6) is 5.75 Å². The minimum Gasteiger partial charge on any atom is -0.479 e. The minimum atomic E-state index is -0.203. The number of benzene rings is 1. The smallest absolute Gasteiger partial charge is 0.315 e. The van der Waals surface area contributed by atoms with Crippen molar-refractivity contribution >= 4 is 6.03 Å². The zero-order chi connectivity index (χ0) is 17.7. The molecule has 2 rings (SSSR count). The van der Waals surface area contributed by atoms with Gasteiger partial charge in [0, 0.05) is 12.2 Å². The first-order chi connectivity index (χ1) is 12.2. The molecule has 0 unspecified atom stereocenters. The Bertz CT molecular complexity index is 703. The van der Waals surface area contributed by atoms with E-state index in [4.69, 9.17) is 4.74 Å². The van der Waals surface area contributed by atoms with Crippen molar-refractivity contribution in [1.29, 1.82) is 0 Å². The molecule has 1 aromatic carbocycles. The quantitative estimate of drug-likeness (QED) is 0.603. The lowest BCUT2D eigenvalue weighted by Gasteiger charge is -2.05. The Labute approximate surface area is 148 Å². The van der Waals surface area contributed by atoms with Gasteiger partial charge in [0.1, 0.15) is 12.4 Å². The van der Waals surface area contributed by atoms with E-state index in [1.807, 2.05) is 37.3 Å². The van der Waals surface area contributed by atoms with Crippen LogP contribution in [0.4, 0.5) is 4.79 Å². The van der Waals surface area contributed by atoms with E-state index < -0.39 is 0 Å². The SMILES string of the molecule is Cc1ccc(OCC#CCNC(=O)NCCCc2ccccc2)cn1. The van der Waals surface area contributed by atoms with Gasteiger partial charge in [0.25, 0.3) is 0 Å². The third kappa shape index (κ3) is 7.89. The molecule has 0 spiro atoms. The van der Waals surface area contributed by atoms with Gasteiger partial charge in [-0.05, 0) is 37.5 Å². The van der Waals surface area contributed by atoms with E-state index in [2.05, 4.69) is 39.6 Å². The van der Waals surface area contributed by atoms with Crippen LogP contribution in [0.15, 0.2) is 48.7 Å². The van der Waals surface area contributed by atoms with Crippen molar-refractivity contribution in [2.24, 2.45) is 0 Å². The number of carbonyl (C=O) groups is 1. The second kappa shape index (κ2) is 10.7. The van der Waals surface area contributed by atoms with Gasteiger partial charge in [0.15, 0.2) is 0 Å². The molecular formula is C20H23N3O2. The number of aromatic nitrogens is 1. The van der Waals surface area contributed by atoms with Crippen molar-refractivity contribution in [2.75, 3.05) is 19.7 Å². The van der Waals surface area contributed by atoms with Crippen molar-refractivity contribution < 1.29 is 9.53 Å². The number of hydrogen-bond acceptors (Lipinski definition) is 3. The number of aryl methyl sites for hydroxylation is 2. The van der Waals surface area contributed by atoms with Gasteiger partial charge in [0.2, 0.25) is 0 Å². The third-order valence-electron chi connectivity index (χ3n) is 3.43. The van der Waals surface area contributed by atoms with E-state index in [1.165, 1.54) is 5.56 Å². The van der Waals surface area contributed by atoms with Crippen LogP contribution in [0, 0.1) is 18.8 Å². The fraction of sp³-hybridized carbons (Fsp3) is 0.300. The number of ether oxygens (including phenoxy) is 1. The summed E-state index contributed by atoms with van der Waals surface area (Å²) >= 11 is 0. The summed E-state index contributed by atoms with van der Waals surface area (Å²) in [7, 11) is 0. The van der Waals surface area contributed by atoms with Crippen LogP contribution in [0.1, 0.15) is 17.7 Å². The van der Waals surface area contributed by atoms with Gasteiger partial charge in [-0.15, -0.1) is 0 Å². The highest BCUT2D eigenvalue weighted by Crippen LogP contribution is 2.07. The Balaban J connectivity index is 1.51. The molecule has 0 saturated heterocycles. The van der Waals surface area contributed by atoms with Crippen LogP contribution < -0.4 is 15.4 Å². The number of hydrogen-bond donors (Lipinski definition) is 2. The molecule has 0 fully saturated rings. The van der Waals surface area contributed by atoms with E-state index in [9.17, 15) is 4.79 Å². The second-order valence-corrected chi connectivity index (χ2v) is 5.48. The average Bonchev–Trinajstić information content (AvgIpc) is 2.64. The highest BCUT2D eigenvalue weighted by atomic mass is 16.5. The lowest BCUT2D eigenvalue weighted by atomic mass is 10.1. The van der Waals surface area contributed by atoms with Gasteiger partial charge >= 0.3 is 6.03 Å². The van der Waals surface area contributed by atoms with E-state index in [0.29, 0.717) is 18.8 Å². The number of rotatable bonds is 7. The van der Waals surface area contributed by atoms with Gasteiger partial charge in [-0.3, -0.25) is 4.98 Å². The van der Waals surface area contributed by atoms with Crippen LogP contribution in [0.3, 0.4) is 0 Å². The standard InChI is InChI=1S/C20H23N3O2/c1-17-11-12-19(16-23-17)25-15-6-5-13-21-20(24)22-14-7-10-18-8-3-2-4-9-18/h2-4,8-9,11-12,16H,7,10,13-15H2,1H3,(H2,21,22,24). The van der Waals surface area contributed by atoms with Crippen molar-refractivity contribution in [3.8, 4) is 17.6 Å². The van der Waals surface area contributed by atoms with E-state index >= 15 is 0 Å². The van der Waals surface area contributed by atoms with Crippen molar-refractivity contribution in [2.45, 2.75) is 19.8 Å². The second-order valence-electron chi connectivity index (χ2n) is 5.48. The molecular weight excluding hydrogens is 314 g/mol. The van der Waals surface area contributed by atoms with Gasteiger partial charge in [0.05, 0.1) is 12.7 Å². The summed E-state index contributed by atoms with van der Waals surface area (Å²) in [4.78, 5) is 15.7. The van der Waals surface area contributed by atoms with Crippen molar-refractivity contribution in [3.63, 3.8) is 0 Å². The monoisotopic (exact) mass is 337 g/mol. The first-order valence-electron chi connectivity index (χ1n) is 8.31.